The average molecular weight is 143 g/mol. The van der Waals surface area contributed by atoms with Crippen LogP contribution in [0.4, 0.5) is 0 Å². The van der Waals surface area contributed by atoms with E-state index in [-0.39, 0.29) is 0 Å². The first kappa shape index (κ1) is 9.96. The number of hydrogen-bond acceptors (Lipinski definition) is 1. The summed E-state index contributed by atoms with van der Waals surface area (Å²) in [5.41, 5.74) is 5.77. The molecule has 0 aromatic heterocycles. The molecule has 0 aliphatic rings. The second-order valence-electron chi connectivity index (χ2n) is 3.48. The van der Waals surface area contributed by atoms with Crippen molar-refractivity contribution in [1.82, 2.24) is 0 Å². The van der Waals surface area contributed by atoms with Crippen LogP contribution in [0, 0.1) is 11.8 Å². The zero-order valence-corrected chi connectivity index (χ0v) is 7.72. The van der Waals surface area contributed by atoms with Gasteiger partial charge >= 0.3 is 0 Å². The van der Waals surface area contributed by atoms with Crippen LogP contribution in [0.25, 0.3) is 0 Å². The van der Waals surface area contributed by atoms with E-state index in [0.29, 0.717) is 12.0 Å². The van der Waals surface area contributed by atoms with Gasteiger partial charge in [0.15, 0.2) is 0 Å². The first-order valence-corrected chi connectivity index (χ1v) is 4.35. The third kappa shape index (κ3) is 3.21. The van der Waals surface area contributed by atoms with Crippen molar-refractivity contribution in [3.8, 4) is 0 Å². The Morgan fingerprint density at radius 1 is 1.20 bits per heavy atom. The molecule has 0 spiro atoms. The molecule has 0 rings (SSSR count). The van der Waals surface area contributed by atoms with Crippen molar-refractivity contribution in [2.45, 2.75) is 46.6 Å². The Hall–Kier alpha value is -0.0400. The number of hydrogen-bond donors (Lipinski definition) is 1. The summed E-state index contributed by atoms with van der Waals surface area (Å²) >= 11 is 0. The zero-order valence-electron chi connectivity index (χ0n) is 7.72. The van der Waals surface area contributed by atoms with Crippen LogP contribution in [0.15, 0.2) is 0 Å². The molecule has 0 aromatic carbocycles. The number of nitrogens with two attached hydrogens (primary N) is 1. The van der Waals surface area contributed by atoms with Crippen LogP contribution < -0.4 is 5.73 Å². The van der Waals surface area contributed by atoms with Crippen molar-refractivity contribution >= 4 is 0 Å². The SMILES string of the molecule is CCCC(C)C(C)C(C)N. The van der Waals surface area contributed by atoms with E-state index in [4.69, 9.17) is 5.73 Å². The standard InChI is InChI=1S/C9H21N/c1-5-6-7(2)8(3)9(4)10/h7-9H,5-6,10H2,1-4H3. The summed E-state index contributed by atoms with van der Waals surface area (Å²) in [5.74, 6) is 1.45. The number of rotatable bonds is 4. The van der Waals surface area contributed by atoms with Crippen LogP contribution in [-0.2, 0) is 0 Å². The van der Waals surface area contributed by atoms with Crippen LogP contribution in [0.2, 0.25) is 0 Å². The maximum atomic E-state index is 5.77. The van der Waals surface area contributed by atoms with Gasteiger partial charge in [0, 0.05) is 6.04 Å². The van der Waals surface area contributed by atoms with Crippen molar-refractivity contribution in [3.05, 3.63) is 0 Å². The Bertz CT molecular complexity index is 78.8. The minimum Gasteiger partial charge on any atom is -0.328 e. The normalized spacial score (nSPS) is 20.1. The van der Waals surface area contributed by atoms with Crippen molar-refractivity contribution < 1.29 is 0 Å². The van der Waals surface area contributed by atoms with Gasteiger partial charge in [0.05, 0.1) is 0 Å². The third-order valence-corrected chi connectivity index (χ3v) is 2.47. The fraction of sp³-hybridized carbons (Fsp3) is 1.00. The molecule has 0 saturated carbocycles. The average Bonchev–Trinajstić information content (AvgIpc) is 1.87. The molecule has 0 fully saturated rings. The minimum atomic E-state index is 0.349. The largest absolute Gasteiger partial charge is 0.328 e. The predicted molar refractivity (Wildman–Crippen MR) is 46.9 cm³/mol. The highest BCUT2D eigenvalue weighted by Gasteiger charge is 2.14. The lowest BCUT2D eigenvalue weighted by molar-refractivity contribution is 0.318. The monoisotopic (exact) mass is 143 g/mol. The van der Waals surface area contributed by atoms with E-state index in [1.807, 2.05) is 0 Å². The van der Waals surface area contributed by atoms with Gasteiger partial charge in [0.1, 0.15) is 0 Å². The molecule has 1 heteroatoms. The second kappa shape index (κ2) is 4.73. The van der Waals surface area contributed by atoms with Crippen LogP contribution in [-0.4, -0.2) is 6.04 Å². The van der Waals surface area contributed by atoms with E-state index in [1.165, 1.54) is 12.8 Å². The van der Waals surface area contributed by atoms with Gasteiger partial charge in [-0.05, 0) is 18.8 Å². The van der Waals surface area contributed by atoms with Gasteiger partial charge in [-0.15, -0.1) is 0 Å². The maximum absolute atomic E-state index is 5.77. The lowest BCUT2D eigenvalue weighted by Crippen LogP contribution is -2.28. The van der Waals surface area contributed by atoms with E-state index in [2.05, 4.69) is 27.7 Å². The highest BCUT2D eigenvalue weighted by molar-refractivity contribution is 4.69. The van der Waals surface area contributed by atoms with Gasteiger partial charge in [0.2, 0.25) is 0 Å². The summed E-state index contributed by atoms with van der Waals surface area (Å²) in [6.07, 6.45) is 2.58. The molecule has 0 saturated heterocycles. The lowest BCUT2D eigenvalue weighted by atomic mass is 9.87. The minimum absolute atomic E-state index is 0.349. The lowest BCUT2D eigenvalue weighted by Gasteiger charge is -2.22. The quantitative estimate of drug-likeness (QED) is 0.642. The summed E-state index contributed by atoms with van der Waals surface area (Å²) < 4.78 is 0. The van der Waals surface area contributed by atoms with E-state index in [9.17, 15) is 0 Å². The first-order chi connectivity index (χ1) is 4.59. The summed E-state index contributed by atoms with van der Waals surface area (Å²) in [5, 5.41) is 0. The fourth-order valence-electron chi connectivity index (χ4n) is 1.24. The topological polar surface area (TPSA) is 26.0 Å². The molecule has 0 amide bonds. The molecule has 0 aliphatic heterocycles. The molecule has 0 aromatic rings. The highest BCUT2D eigenvalue weighted by atomic mass is 14.6. The highest BCUT2D eigenvalue weighted by Crippen LogP contribution is 2.18. The van der Waals surface area contributed by atoms with Gasteiger partial charge in [-0.3, -0.25) is 0 Å². The van der Waals surface area contributed by atoms with Crippen molar-refractivity contribution in [2.24, 2.45) is 17.6 Å². The van der Waals surface area contributed by atoms with E-state index in [0.717, 1.165) is 5.92 Å². The molecular weight excluding hydrogens is 122 g/mol. The third-order valence-electron chi connectivity index (χ3n) is 2.47. The van der Waals surface area contributed by atoms with Gasteiger partial charge in [-0.25, -0.2) is 0 Å². The van der Waals surface area contributed by atoms with Gasteiger partial charge in [-0.2, -0.15) is 0 Å². The van der Waals surface area contributed by atoms with Crippen LogP contribution in [0.3, 0.4) is 0 Å². The van der Waals surface area contributed by atoms with E-state index >= 15 is 0 Å². The summed E-state index contributed by atoms with van der Waals surface area (Å²) in [6, 6.07) is 0.349. The Balaban J connectivity index is 3.58. The van der Waals surface area contributed by atoms with Crippen molar-refractivity contribution in [3.63, 3.8) is 0 Å². The van der Waals surface area contributed by atoms with E-state index < -0.39 is 0 Å². The Labute approximate surface area is 65.0 Å². The maximum Gasteiger partial charge on any atom is 0.00386 e. The van der Waals surface area contributed by atoms with Gasteiger partial charge < -0.3 is 5.73 Å². The van der Waals surface area contributed by atoms with Crippen LogP contribution in [0.5, 0.6) is 0 Å². The molecule has 10 heavy (non-hydrogen) atoms. The first-order valence-electron chi connectivity index (χ1n) is 4.35. The fourth-order valence-corrected chi connectivity index (χ4v) is 1.24. The molecule has 62 valence electrons. The Morgan fingerprint density at radius 3 is 2.00 bits per heavy atom. The molecule has 0 aliphatic carbocycles. The van der Waals surface area contributed by atoms with Crippen molar-refractivity contribution in [1.29, 1.82) is 0 Å². The summed E-state index contributed by atoms with van der Waals surface area (Å²) in [7, 11) is 0. The van der Waals surface area contributed by atoms with Gasteiger partial charge in [-0.1, -0.05) is 33.6 Å². The van der Waals surface area contributed by atoms with Gasteiger partial charge in [0.25, 0.3) is 0 Å². The van der Waals surface area contributed by atoms with Crippen LogP contribution in [0.1, 0.15) is 40.5 Å². The molecule has 0 heterocycles. The molecule has 3 atom stereocenters. The molecular formula is C9H21N. The molecule has 3 unspecified atom stereocenters. The second-order valence-corrected chi connectivity index (χ2v) is 3.48. The molecule has 1 nitrogen and oxygen atoms in total. The molecule has 0 bridgehead atoms. The Morgan fingerprint density at radius 2 is 1.70 bits per heavy atom. The van der Waals surface area contributed by atoms with Crippen molar-refractivity contribution in [2.75, 3.05) is 0 Å². The summed E-state index contributed by atoms with van der Waals surface area (Å²) in [4.78, 5) is 0. The smallest absolute Gasteiger partial charge is 0.00386 e. The van der Waals surface area contributed by atoms with E-state index in [1.54, 1.807) is 0 Å². The Kier molecular flexibility index (Phi) is 4.71. The summed E-state index contributed by atoms with van der Waals surface area (Å²) in [6.45, 7) is 8.85. The molecule has 0 radical (unpaired) electrons. The molecule has 2 N–H and O–H groups in total. The predicted octanol–water partition coefficient (Wildman–Crippen LogP) is 2.41. The van der Waals surface area contributed by atoms with Crippen LogP contribution >= 0.6 is 0 Å². The zero-order chi connectivity index (χ0) is 8.15.